The molecule has 2 aromatic carbocycles. The SMILES string of the molecule is C/C=C/c1ccc(-c2ccc(C3CCC(CCCCC)CC3)cc2)cc1. The lowest BCUT2D eigenvalue weighted by molar-refractivity contribution is 0.303. The van der Waals surface area contributed by atoms with Crippen molar-refractivity contribution in [3.05, 3.63) is 65.7 Å². The summed E-state index contributed by atoms with van der Waals surface area (Å²) >= 11 is 0. The largest absolute Gasteiger partial charge is 0.0871 e. The van der Waals surface area contributed by atoms with E-state index in [-0.39, 0.29) is 0 Å². The molecule has 3 rings (SSSR count). The summed E-state index contributed by atoms with van der Waals surface area (Å²) in [5.74, 6) is 1.77. The van der Waals surface area contributed by atoms with Gasteiger partial charge in [0.15, 0.2) is 0 Å². The van der Waals surface area contributed by atoms with Crippen molar-refractivity contribution in [1.82, 2.24) is 0 Å². The zero-order valence-electron chi connectivity index (χ0n) is 16.6. The topological polar surface area (TPSA) is 0 Å². The van der Waals surface area contributed by atoms with E-state index in [4.69, 9.17) is 0 Å². The fourth-order valence-corrected chi connectivity index (χ4v) is 4.39. The summed E-state index contributed by atoms with van der Waals surface area (Å²) in [6, 6.07) is 18.2. The first-order valence-electron chi connectivity index (χ1n) is 10.6. The van der Waals surface area contributed by atoms with E-state index in [9.17, 15) is 0 Å². The van der Waals surface area contributed by atoms with Crippen LogP contribution in [0, 0.1) is 5.92 Å². The Labute approximate surface area is 160 Å². The second-order valence-corrected chi connectivity index (χ2v) is 7.96. The van der Waals surface area contributed by atoms with Crippen LogP contribution in [0.1, 0.15) is 82.3 Å². The normalized spacial score (nSPS) is 20.5. The first kappa shape index (κ1) is 19.0. The van der Waals surface area contributed by atoms with Gasteiger partial charge in [-0.1, -0.05) is 93.3 Å². The molecule has 0 heteroatoms. The molecule has 0 aliphatic heterocycles. The Morgan fingerprint density at radius 1 is 0.808 bits per heavy atom. The van der Waals surface area contributed by atoms with Gasteiger partial charge in [0.05, 0.1) is 0 Å². The lowest BCUT2D eigenvalue weighted by atomic mass is 9.77. The van der Waals surface area contributed by atoms with E-state index in [1.54, 1.807) is 5.56 Å². The Balaban J connectivity index is 1.56. The molecule has 138 valence electrons. The van der Waals surface area contributed by atoms with Gasteiger partial charge in [-0.15, -0.1) is 0 Å². The molecule has 0 amide bonds. The highest BCUT2D eigenvalue weighted by Gasteiger charge is 2.21. The predicted octanol–water partition coefficient (Wildman–Crippen LogP) is 8.24. The minimum atomic E-state index is 0.781. The van der Waals surface area contributed by atoms with Crippen LogP contribution in [-0.2, 0) is 0 Å². The highest BCUT2D eigenvalue weighted by molar-refractivity contribution is 5.66. The van der Waals surface area contributed by atoms with Crippen LogP contribution in [0.25, 0.3) is 17.2 Å². The van der Waals surface area contributed by atoms with E-state index in [0.29, 0.717) is 0 Å². The second kappa shape index (κ2) is 9.76. The van der Waals surface area contributed by atoms with E-state index < -0.39 is 0 Å². The van der Waals surface area contributed by atoms with Crippen molar-refractivity contribution in [3.8, 4) is 11.1 Å². The minimum absolute atomic E-state index is 0.781. The smallest absolute Gasteiger partial charge is 0.0162 e. The molecule has 0 heterocycles. The molecule has 0 unspecified atom stereocenters. The van der Waals surface area contributed by atoms with E-state index in [0.717, 1.165) is 11.8 Å². The Bertz CT molecular complexity index is 667. The fraction of sp³-hybridized carbons (Fsp3) is 0.462. The summed E-state index contributed by atoms with van der Waals surface area (Å²) < 4.78 is 0. The molecule has 0 saturated heterocycles. The Hall–Kier alpha value is -1.82. The summed E-state index contributed by atoms with van der Waals surface area (Å²) in [7, 11) is 0. The maximum Gasteiger partial charge on any atom is -0.0162 e. The van der Waals surface area contributed by atoms with Crippen molar-refractivity contribution < 1.29 is 0 Å². The van der Waals surface area contributed by atoms with Crippen molar-refractivity contribution in [2.24, 2.45) is 5.92 Å². The summed E-state index contributed by atoms with van der Waals surface area (Å²) in [6.07, 6.45) is 15.5. The average Bonchev–Trinajstić information content (AvgIpc) is 2.70. The third-order valence-corrected chi connectivity index (χ3v) is 6.05. The third kappa shape index (κ3) is 5.10. The van der Waals surface area contributed by atoms with Crippen LogP contribution < -0.4 is 0 Å². The van der Waals surface area contributed by atoms with Crippen LogP contribution in [0.3, 0.4) is 0 Å². The molecule has 0 radical (unpaired) electrons. The molecule has 0 spiro atoms. The molecule has 1 fully saturated rings. The predicted molar refractivity (Wildman–Crippen MR) is 115 cm³/mol. The van der Waals surface area contributed by atoms with Crippen LogP contribution in [0.15, 0.2) is 54.6 Å². The number of hydrogen-bond donors (Lipinski definition) is 0. The quantitative estimate of drug-likeness (QED) is 0.443. The molecule has 26 heavy (non-hydrogen) atoms. The van der Waals surface area contributed by atoms with Gasteiger partial charge in [0.2, 0.25) is 0 Å². The number of unbranched alkanes of at least 4 members (excludes halogenated alkanes) is 2. The molecule has 0 bridgehead atoms. The fourth-order valence-electron chi connectivity index (χ4n) is 4.39. The summed E-state index contributed by atoms with van der Waals surface area (Å²) in [4.78, 5) is 0. The highest BCUT2D eigenvalue weighted by atomic mass is 14.3. The van der Waals surface area contributed by atoms with Crippen molar-refractivity contribution in [1.29, 1.82) is 0 Å². The minimum Gasteiger partial charge on any atom is -0.0871 e. The lowest BCUT2D eigenvalue weighted by Crippen LogP contribution is -2.13. The number of hydrogen-bond acceptors (Lipinski definition) is 0. The molecular weight excluding hydrogens is 312 g/mol. The Morgan fingerprint density at radius 2 is 1.42 bits per heavy atom. The molecule has 0 atom stereocenters. The summed E-state index contributed by atoms with van der Waals surface area (Å²) in [6.45, 7) is 4.36. The number of benzene rings is 2. The summed E-state index contributed by atoms with van der Waals surface area (Å²) in [5.41, 5.74) is 5.45. The van der Waals surface area contributed by atoms with Gasteiger partial charge in [0.1, 0.15) is 0 Å². The van der Waals surface area contributed by atoms with Crippen molar-refractivity contribution in [2.45, 2.75) is 71.1 Å². The van der Waals surface area contributed by atoms with E-state index >= 15 is 0 Å². The van der Waals surface area contributed by atoms with Crippen molar-refractivity contribution in [2.75, 3.05) is 0 Å². The molecule has 0 aromatic heterocycles. The van der Waals surface area contributed by atoms with Gasteiger partial charge >= 0.3 is 0 Å². The van der Waals surface area contributed by atoms with Gasteiger partial charge in [-0.2, -0.15) is 0 Å². The maximum atomic E-state index is 2.37. The van der Waals surface area contributed by atoms with Gasteiger partial charge < -0.3 is 0 Å². The van der Waals surface area contributed by atoms with Crippen LogP contribution in [0.2, 0.25) is 0 Å². The lowest BCUT2D eigenvalue weighted by Gasteiger charge is -2.29. The Morgan fingerprint density at radius 3 is 2.00 bits per heavy atom. The Kier molecular flexibility index (Phi) is 7.12. The monoisotopic (exact) mass is 346 g/mol. The van der Waals surface area contributed by atoms with Gasteiger partial charge in [-0.05, 0) is 66.7 Å². The number of allylic oxidation sites excluding steroid dienone is 1. The highest BCUT2D eigenvalue weighted by Crippen LogP contribution is 2.38. The van der Waals surface area contributed by atoms with E-state index in [2.05, 4.69) is 74.5 Å². The van der Waals surface area contributed by atoms with Gasteiger partial charge in [0, 0.05) is 0 Å². The molecule has 2 aromatic rings. The maximum absolute atomic E-state index is 2.37. The van der Waals surface area contributed by atoms with Gasteiger partial charge in [0.25, 0.3) is 0 Å². The van der Waals surface area contributed by atoms with Crippen LogP contribution >= 0.6 is 0 Å². The first-order valence-corrected chi connectivity index (χ1v) is 10.6. The standard InChI is InChI=1S/C26H34/c1-3-5-6-8-22-11-15-24(16-12-22)26-19-17-25(18-20-26)23-13-9-21(7-4-2)10-14-23/h4,7,9-10,13-14,17-20,22,24H,3,5-6,8,11-12,15-16H2,1-2H3/b7-4+. The molecule has 1 aliphatic rings. The molecule has 1 aliphatic carbocycles. The summed E-state index contributed by atoms with van der Waals surface area (Å²) in [5, 5.41) is 0. The molecule has 1 saturated carbocycles. The second-order valence-electron chi connectivity index (χ2n) is 7.96. The van der Waals surface area contributed by atoms with E-state index in [1.807, 2.05) is 0 Å². The van der Waals surface area contributed by atoms with Crippen LogP contribution in [0.5, 0.6) is 0 Å². The van der Waals surface area contributed by atoms with Gasteiger partial charge in [-0.25, -0.2) is 0 Å². The first-order chi connectivity index (χ1) is 12.8. The van der Waals surface area contributed by atoms with Crippen LogP contribution in [0.4, 0.5) is 0 Å². The number of rotatable bonds is 7. The molecular formula is C26H34. The average molecular weight is 347 g/mol. The van der Waals surface area contributed by atoms with E-state index in [1.165, 1.54) is 68.1 Å². The van der Waals surface area contributed by atoms with Crippen molar-refractivity contribution >= 4 is 6.08 Å². The molecule has 0 nitrogen and oxygen atoms in total. The zero-order chi connectivity index (χ0) is 18.2. The molecule has 0 N–H and O–H groups in total. The third-order valence-electron chi connectivity index (χ3n) is 6.05. The van der Waals surface area contributed by atoms with Crippen LogP contribution in [-0.4, -0.2) is 0 Å². The van der Waals surface area contributed by atoms with Crippen molar-refractivity contribution in [3.63, 3.8) is 0 Å². The zero-order valence-corrected chi connectivity index (χ0v) is 16.6. The van der Waals surface area contributed by atoms with Gasteiger partial charge in [-0.3, -0.25) is 0 Å².